The predicted octanol–water partition coefficient (Wildman–Crippen LogP) is 11.6. The second-order valence-electron chi connectivity index (χ2n) is 14.9. The molecule has 0 aromatic heterocycles. The molecule has 210 valence electrons. The summed E-state index contributed by atoms with van der Waals surface area (Å²) in [5, 5.41) is 0. The minimum absolute atomic E-state index is 1.00. The van der Waals surface area contributed by atoms with E-state index in [9.17, 15) is 0 Å². The van der Waals surface area contributed by atoms with Gasteiger partial charge in [-0.1, -0.05) is 99.3 Å². The van der Waals surface area contributed by atoms with Crippen molar-refractivity contribution in [3.63, 3.8) is 0 Å². The van der Waals surface area contributed by atoms with Crippen molar-refractivity contribution in [2.24, 2.45) is 71.0 Å². The van der Waals surface area contributed by atoms with Gasteiger partial charge in [0.1, 0.15) is 0 Å². The van der Waals surface area contributed by atoms with E-state index in [0.29, 0.717) is 0 Å². The van der Waals surface area contributed by atoms with E-state index in [-0.39, 0.29) is 0 Å². The summed E-state index contributed by atoms with van der Waals surface area (Å²) in [7, 11) is 0. The van der Waals surface area contributed by atoms with Gasteiger partial charge in [0.15, 0.2) is 0 Å². The molecule has 0 radical (unpaired) electrons. The van der Waals surface area contributed by atoms with Gasteiger partial charge in [0.05, 0.1) is 0 Å². The van der Waals surface area contributed by atoms with Gasteiger partial charge in [0, 0.05) is 0 Å². The zero-order valence-corrected chi connectivity index (χ0v) is 25.7. The van der Waals surface area contributed by atoms with E-state index in [2.05, 4.69) is 41.5 Å². The largest absolute Gasteiger partial charge is 0.0654 e. The molecular weight excluding hydrogens is 432 g/mol. The van der Waals surface area contributed by atoms with Crippen molar-refractivity contribution in [3.8, 4) is 0 Å². The molecular formula is C36H66. The van der Waals surface area contributed by atoms with Crippen molar-refractivity contribution in [3.05, 3.63) is 0 Å². The van der Waals surface area contributed by atoms with E-state index in [4.69, 9.17) is 0 Å². The fourth-order valence-corrected chi connectivity index (χ4v) is 11.4. The first-order valence-corrected chi connectivity index (χ1v) is 17.5. The van der Waals surface area contributed by atoms with Gasteiger partial charge in [-0.25, -0.2) is 0 Å². The average molecular weight is 499 g/mol. The van der Waals surface area contributed by atoms with Crippen LogP contribution in [0.1, 0.15) is 157 Å². The molecule has 5 fully saturated rings. The molecule has 0 bridgehead atoms. The van der Waals surface area contributed by atoms with Crippen LogP contribution in [-0.2, 0) is 0 Å². The summed E-state index contributed by atoms with van der Waals surface area (Å²) in [6.45, 7) is 14.8. The molecule has 0 aliphatic heterocycles. The van der Waals surface area contributed by atoms with Gasteiger partial charge in [-0.05, 0) is 129 Å². The molecule has 12 atom stereocenters. The highest BCUT2D eigenvalue weighted by atomic mass is 14.5. The smallest absolute Gasteiger partial charge is 0.0324 e. The van der Waals surface area contributed by atoms with E-state index in [1.165, 1.54) is 57.8 Å². The first-order chi connectivity index (χ1) is 17.5. The van der Waals surface area contributed by atoms with E-state index in [1.807, 2.05) is 0 Å². The van der Waals surface area contributed by atoms with Crippen LogP contribution in [0.15, 0.2) is 0 Å². The molecule has 5 rings (SSSR count). The van der Waals surface area contributed by atoms with Crippen molar-refractivity contribution >= 4 is 0 Å². The number of hydrogen-bond acceptors (Lipinski definition) is 0. The summed E-state index contributed by atoms with van der Waals surface area (Å²) < 4.78 is 0. The molecule has 0 heterocycles. The number of rotatable bonds is 7. The lowest BCUT2D eigenvalue weighted by Crippen LogP contribution is -2.43. The van der Waals surface area contributed by atoms with Crippen molar-refractivity contribution < 1.29 is 0 Å². The minimum Gasteiger partial charge on any atom is -0.0654 e. The lowest BCUT2D eigenvalue weighted by atomic mass is 9.55. The quantitative estimate of drug-likeness (QED) is 0.327. The highest BCUT2D eigenvalue weighted by Gasteiger charge is 2.48. The summed E-state index contributed by atoms with van der Waals surface area (Å²) in [5.41, 5.74) is 0. The van der Waals surface area contributed by atoms with Gasteiger partial charge in [0.2, 0.25) is 0 Å². The topological polar surface area (TPSA) is 0 Å². The third kappa shape index (κ3) is 6.41. The minimum atomic E-state index is 1.00. The first-order valence-electron chi connectivity index (χ1n) is 17.5. The van der Waals surface area contributed by atoms with Crippen LogP contribution in [-0.4, -0.2) is 0 Å². The van der Waals surface area contributed by atoms with E-state index < -0.39 is 0 Å². The van der Waals surface area contributed by atoms with E-state index >= 15 is 0 Å². The molecule has 0 saturated heterocycles. The zero-order valence-electron chi connectivity index (χ0n) is 25.7. The summed E-state index contributed by atoms with van der Waals surface area (Å²) in [6.07, 6.45) is 27.3. The fraction of sp³-hybridized carbons (Fsp3) is 1.00. The van der Waals surface area contributed by atoms with Gasteiger partial charge in [-0.2, -0.15) is 0 Å². The van der Waals surface area contributed by atoms with Crippen molar-refractivity contribution in [2.75, 3.05) is 0 Å². The Morgan fingerprint density at radius 1 is 0.528 bits per heavy atom. The van der Waals surface area contributed by atoms with Gasteiger partial charge < -0.3 is 0 Å². The van der Waals surface area contributed by atoms with Crippen LogP contribution in [0.4, 0.5) is 0 Å². The van der Waals surface area contributed by atoms with Gasteiger partial charge in [-0.3, -0.25) is 0 Å². The second kappa shape index (κ2) is 13.9. The Hall–Kier alpha value is 0. The van der Waals surface area contributed by atoms with Crippen LogP contribution < -0.4 is 0 Å². The van der Waals surface area contributed by atoms with Crippen LogP contribution in [0.5, 0.6) is 0 Å². The molecule has 0 spiro atoms. The summed E-state index contributed by atoms with van der Waals surface area (Å²) in [5.74, 6) is 12.9. The van der Waals surface area contributed by atoms with Gasteiger partial charge >= 0.3 is 0 Å². The number of fused-ring (bicyclic) bond motifs is 2. The van der Waals surface area contributed by atoms with Crippen LogP contribution in [0.25, 0.3) is 0 Å². The highest BCUT2D eigenvalue weighted by Crippen LogP contribution is 2.57. The molecule has 0 N–H and O–H groups in total. The maximum Gasteiger partial charge on any atom is -0.0324 e. The predicted molar refractivity (Wildman–Crippen MR) is 159 cm³/mol. The monoisotopic (exact) mass is 499 g/mol. The van der Waals surface area contributed by atoms with E-state index in [0.717, 1.165) is 71.0 Å². The third-order valence-electron chi connectivity index (χ3n) is 13.2. The van der Waals surface area contributed by atoms with Gasteiger partial charge in [0.25, 0.3) is 0 Å². The molecule has 0 nitrogen and oxygen atoms in total. The SMILES string of the molecule is CCC1CC(C)C2CCCCC12.CCCCC1C(C)CC2CCCC2C1C1CCC(CC)C(CC)C1. The van der Waals surface area contributed by atoms with Gasteiger partial charge in [-0.15, -0.1) is 0 Å². The Labute approximate surface area is 227 Å². The Balaban J connectivity index is 0.000000211. The maximum atomic E-state index is 2.62. The zero-order chi connectivity index (χ0) is 25.7. The fourth-order valence-electron chi connectivity index (χ4n) is 11.4. The molecule has 36 heavy (non-hydrogen) atoms. The lowest BCUT2D eigenvalue weighted by Gasteiger charge is -2.51. The Bertz CT molecular complexity index is 622. The molecule has 12 unspecified atom stereocenters. The number of hydrogen-bond donors (Lipinski definition) is 0. The highest BCUT2D eigenvalue weighted by molar-refractivity contribution is 4.98. The Morgan fingerprint density at radius 2 is 1.22 bits per heavy atom. The molecule has 0 amide bonds. The lowest BCUT2D eigenvalue weighted by molar-refractivity contribution is -0.0149. The van der Waals surface area contributed by atoms with Crippen LogP contribution in [0, 0.1) is 71.0 Å². The van der Waals surface area contributed by atoms with Crippen molar-refractivity contribution in [2.45, 2.75) is 157 Å². The standard InChI is InChI=1S/C24H44.C12H22/c1-5-8-11-22-17(4)15-20-10-9-12-23(20)24(22)21-14-13-18(6-2)19(7-3)16-21;1-3-10-8-9(2)11-6-4-5-7-12(10)11/h17-24H,5-16H2,1-4H3;9-12H,3-8H2,1-2H3. The maximum absolute atomic E-state index is 2.62. The van der Waals surface area contributed by atoms with Crippen molar-refractivity contribution in [1.29, 1.82) is 0 Å². The third-order valence-corrected chi connectivity index (χ3v) is 13.2. The van der Waals surface area contributed by atoms with Crippen LogP contribution >= 0.6 is 0 Å². The summed E-state index contributed by atoms with van der Waals surface area (Å²) in [6, 6.07) is 0. The number of unbranched alkanes of at least 4 members (excludes halogenated alkanes) is 1. The molecule has 0 aromatic carbocycles. The molecule has 0 heteroatoms. The molecule has 5 aliphatic carbocycles. The van der Waals surface area contributed by atoms with Crippen LogP contribution in [0.3, 0.4) is 0 Å². The van der Waals surface area contributed by atoms with Crippen molar-refractivity contribution in [1.82, 2.24) is 0 Å². The van der Waals surface area contributed by atoms with Crippen LogP contribution in [0.2, 0.25) is 0 Å². The Kier molecular flexibility index (Phi) is 11.2. The first kappa shape index (κ1) is 29.0. The normalized spacial score (nSPS) is 46.5. The molecule has 5 aliphatic rings. The summed E-state index contributed by atoms with van der Waals surface area (Å²) >= 11 is 0. The Morgan fingerprint density at radius 3 is 1.92 bits per heavy atom. The summed E-state index contributed by atoms with van der Waals surface area (Å²) in [4.78, 5) is 0. The molecule has 5 saturated carbocycles. The second-order valence-corrected chi connectivity index (χ2v) is 14.9. The van der Waals surface area contributed by atoms with E-state index in [1.54, 1.807) is 57.8 Å². The average Bonchev–Trinajstić information content (AvgIpc) is 3.51. The molecule has 0 aromatic rings.